The molecular formula is C33H38N4O9S. The van der Waals surface area contributed by atoms with E-state index >= 15 is 0 Å². The molecule has 0 saturated heterocycles. The van der Waals surface area contributed by atoms with Crippen LogP contribution in [0.2, 0.25) is 0 Å². The maximum absolute atomic E-state index is 13.9. The normalized spacial score (nSPS) is 14.7. The number of amides is 3. The summed E-state index contributed by atoms with van der Waals surface area (Å²) in [6.45, 7) is 8.79. The number of aromatic nitrogens is 1. The average Bonchev–Trinajstić information content (AvgIpc) is 3.63. The number of ether oxygens (including phenoxy) is 5. The highest BCUT2D eigenvalue weighted by Gasteiger charge is 2.31. The number of rotatable bonds is 12. The second kappa shape index (κ2) is 15.0. The number of benzene rings is 2. The number of hydrogen-bond donors (Lipinski definition) is 3. The Labute approximate surface area is 276 Å². The quantitative estimate of drug-likeness (QED) is 0.228. The highest BCUT2D eigenvalue weighted by Crippen LogP contribution is 2.26. The minimum Gasteiger partial charge on any atom is -0.486 e. The summed E-state index contributed by atoms with van der Waals surface area (Å²) in [5.74, 6) is -1.66. The van der Waals surface area contributed by atoms with E-state index in [0.29, 0.717) is 17.1 Å². The Morgan fingerprint density at radius 3 is 2.30 bits per heavy atom. The van der Waals surface area contributed by atoms with E-state index in [2.05, 4.69) is 25.7 Å². The summed E-state index contributed by atoms with van der Waals surface area (Å²) in [4.78, 5) is 56.2. The first-order valence-electron chi connectivity index (χ1n) is 14.7. The number of hydrogen-bond acceptors (Lipinski definition) is 11. The zero-order valence-electron chi connectivity index (χ0n) is 26.9. The highest BCUT2D eigenvalue weighted by molar-refractivity contribution is 7.14. The van der Waals surface area contributed by atoms with E-state index in [1.165, 1.54) is 18.8 Å². The third-order valence-electron chi connectivity index (χ3n) is 6.41. The number of nitrogens with one attached hydrogen (secondary N) is 3. The number of thiazole rings is 1. The van der Waals surface area contributed by atoms with Crippen molar-refractivity contribution in [2.75, 3.05) is 19.0 Å². The van der Waals surface area contributed by atoms with Gasteiger partial charge in [0, 0.05) is 25.6 Å². The lowest BCUT2D eigenvalue weighted by Crippen LogP contribution is -2.50. The first-order valence-corrected chi connectivity index (χ1v) is 15.6. The van der Waals surface area contributed by atoms with Gasteiger partial charge in [-0.3, -0.25) is 9.59 Å². The van der Waals surface area contributed by atoms with E-state index < -0.39 is 47.3 Å². The van der Waals surface area contributed by atoms with E-state index in [9.17, 15) is 19.2 Å². The number of esters is 1. The standard InChI is InChI=1S/C33H38N4O9S/c1-32(2,3)46-31(41)36-26(21-12-14-22(15-13-21)43-17-23-18-44-33(4,5)45-23)28(39)34-24(16-20-10-8-7-9-11-20)27(38)37-30-35-25(19-47-30)29(40)42-6/h7-15,18-19,24,26H,16-17H2,1-6H3,(H,34,39)(H,36,41)(H,35,37,38)/t24-,26-/m0/s1. The fraction of sp³-hybridized carbons (Fsp3) is 0.364. The molecule has 0 radical (unpaired) electrons. The van der Waals surface area contributed by atoms with Crippen LogP contribution in [0.5, 0.6) is 5.75 Å². The molecule has 3 amide bonds. The number of carbonyl (C=O) groups is 4. The van der Waals surface area contributed by atoms with E-state index in [4.69, 9.17) is 18.9 Å². The van der Waals surface area contributed by atoms with Crippen LogP contribution < -0.4 is 20.7 Å². The first kappa shape index (κ1) is 34.8. The summed E-state index contributed by atoms with van der Waals surface area (Å²) in [5, 5.41) is 9.65. The molecule has 1 aliphatic rings. The molecular weight excluding hydrogens is 628 g/mol. The van der Waals surface area contributed by atoms with Gasteiger partial charge in [0.05, 0.1) is 7.11 Å². The summed E-state index contributed by atoms with van der Waals surface area (Å²) in [7, 11) is 1.23. The molecule has 14 heteroatoms. The van der Waals surface area contributed by atoms with Gasteiger partial charge in [0.2, 0.25) is 17.6 Å². The van der Waals surface area contributed by atoms with Crippen LogP contribution in [0.4, 0.5) is 9.93 Å². The van der Waals surface area contributed by atoms with Crippen LogP contribution in [0.15, 0.2) is 72.0 Å². The van der Waals surface area contributed by atoms with Crippen molar-refractivity contribution >= 4 is 40.3 Å². The van der Waals surface area contributed by atoms with E-state index in [-0.39, 0.29) is 23.9 Å². The van der Waals surface area contributed by atoms with Gasteiger partial charge in [-0.1, -0.05) is 42.5 Å². The summed E-state index contributed by atoms with van der Waals surface area (Å²) < 4.78 is 27.0. The molecule has 3 N–H and O–H groups in total. The summed E-state index contributed by atoms with van der Waals surface area (Å²) >= 11 is 1.03. The third kappa shape index (κ3) is 10.5. The fourth-order valence-electron chi connectivity index (χ4n) is 4.31. The Balaban J connectivity index is 1.54. The Morgan fingerprint density at radius 1 is 0.979 bits per heavy atom. The molecule has 2 atom stereocenters. The van der Waals surface area contributed by atoms with E-state index in [0.717, 1.165) is 16.9 Å². The fourth-order valence-corrected chi connectivity index (χ4v) is 4.99. The molecule has 3 aromatic rings. The average molecular weight is 667 g/mol. The number of alkyl carbamates (subject to hydrolysis) is 1. The van der Waals surface area contributed by atoms with Gasteiger partial charge in [0.1, 0.15) is 36.3 Å². The maximum atomic E-state index is 13.9. The zero-order valence-corrected chi connectivity index (χ0v) is 27.8. The van der Waals surface area contributed by atoms with Gasteiger partial charge >= 0.3 is 12.1 Å². The van der Waals surface area contributed by atoms with Crippen LogP contribution in [0.3, 0.4) is 0 Å². The van der Waals surface area contributed by atoms with Gasteiger partial charge in [-0.05, 0) is 44.0 Å². The van der Waals surface area contributed by atoms with Crippen molar-refractivity contribution in [3.8, 4) is 5.75 Å². The highest BCUT2D eigenvalue weighted by atomic mass is 32.1. The van der Waals surface area contributed by atoms with Gasteiger partial charge in [-0.15, -0.1) is 11.3 Å². The molecule has 47 heavy (non-hydrogen) atoms. The SMILES string of the molecule is COC(=O)c1csc(NC(=O)[C@H](Cc2ccccc2)NC(=O)[C@@H](NC(=O)OC(C)(C)C)c2ccc(OCC3=COC(C)(C)O3)cc2)n1. The monoisotopic (exact) mass is 666 g/mol. The Kier molecular flexibility index (Phi) is 11.1. The van der Waals surface area contributed by atoms with Gasteiger partial charge < -0.3 is 39.6 Å². The number of anilines is 1. The molecule has 4 rings (SSSR count). The van der Waals surface area contributed by atoms with Crippen molar-refractivity contribution in [1.29, 1.82) is 0 Å². The van der Waals surface area contributed by atoms with Gasteiger partial charge in [0.25, 0.3) is 0 Å². The van der Waals surface area contributed by atoms with Crippen LogP contribution in [0.25, 0.3) is 0 Å². The summed E-state index contributed by atoms with van der Waals surface area (Å²) in [5.41, 5.74) is 0.388. The minimum absolute atomic E-state index is 0.0372. The molecule has 0 aliphatic carbocycles. The topological polar surface area (TPSA) is 163 Å². The Bertz CT molecular complexity index is 1600. The predicted octanol–water partition coefficient (Wildman–Crippen LogP) is 4.86. The second-order valence-electron chi connectivity index (χ2n) is 11.9. The van der Waals surface area contributed by atoms with Crippen LogP contribution in [0, 0.1) is 0 Å². The zero-order chi connectivity index (χ0) is 34.2. The number of nitrogens with zero attached hydrogens (tertiary/aromatic N) is 1. The van der Waals surface area contributed by atoms with Crippen molar-refractivity contribution < 1.29 is 42.9 Å². The largest absolute Gasteiger partial charge is 0.486 e. The molecule has 1 aliphatic heterocycles. The van der Waals surface area contributed by atoms with Crippen molar-refractivity contribution in [3.63, 3.8) is 0 Å². The predicted molar refractivity (Wildman–Crippen MR) is 173 cm³/mol. The van der Waals surface area contributed by atoms with Crippen molar-refractivity contribution in [2.45, 2.75) is 64.5 Å². The van der Waals surface area contributed by atoms with Gasteiger partial charge in [-0.2, -0.15) is 0 Å². The molecule has 0 saturated carbocycles. The smallest absolute Gasteiger partial charge is 0.408 e. The van der Waals surface area contributed by atoms with Crippen molar-refractivity contribution in [2.24, 2.45) is 0 Å². The lowest BCUT2D eigenvalue weighted by Gasteiger charge is -2.25. The van der Waals surface area contributed by atoms with Gasteiger partial charge in [-0.25, -0.2) is 14.6 Å². The van der Waals surface area contributed by atoms with Crippen molar-refractivity contribution in [3.05, 3.63) is 88.8 Å². The van der Waals surface area contributed by atoms with Crippen molar-refractivity contribution in [1.82, 2.24) is 15.6 Å². The molecule has 1 aromatic heterocycles. The summed E-state index contributed by atoms with van der Waals surface area (Å²) in [6, 6.07) is 13.3. The summed E-state index contributed by atoms with van der Waals surface area (Å²) in [6.07, 6.45) is 0.791. The first-order chi connectivity index (χ1) is 22.2. The van der Waals surface area contributed by atoms with Crippen LogP contribution in [0.1, 0.15) is 62.3 Å². The van der Waals surface area contributed by atoms with E-state index in [1.807, 2.05) is 30.3 Å². The molecule has 0 spiro atoms. The Hall–Kier alpha value is -5.11. The lowest BCUT2D eigenvalue weighted by atomic mass is 10.0. The molecule has 0 bridgehead atoms. The molecule has 0 unspecified atom stereocenters. The number of carbonyl (C=O) groups excluding carboxylic acids is 4. The molecule has 13 nitrogen and oxygen atoms in total. The third-order valence-corrected chi connectivity index (χ3v) is 7.17. The molecule has 250 valence electrons. The van der Waals surface area contributed by atoms with Gasteiger partial charge in [0.15, 0.2) is 16.6 Å². The van der Waals surface area contributed by atoms with E-state index in [1.54, 1.807) is 58.9 Å². The molecule has 2 heterocycles. The van der Waals surface area contributed by atoms with Crippen LogP contribution >= 0.6 is 11.3 Å². The molecule has 0 fully saturated rings. The molecule has 2 aromatic carbocycles. The number of methoxy groups -OCH3 is 1. The van der Waals surface area contributed by atoms with Crippen LogP contribution in [-0.2, 0) is 35.0 Å². The minimum atomic E-state index is -1.24. The van der Waals surface area contributed by atoms with Crippen LogP contribution in [-0.4, -0.2) is 60.0 Å². The Morgan fingerprint density at radius 2 is 1.68 bits per heavy atom. The second-order valence-corrected chi connectivity index (χ2v) is 12.8. The lowest BCUT2D eigenvalue weighted by molar-refractivity contribution is -0.128. The maximum Gasteiger partial charge on any atom is 0.408 e.